The summed E-state index contributed by atoms with van der Waals surface area (Å²) >= 11 is 0. The fourth-order valence-electron chi connectivity index (χ4n) is 7.44. The summed E-state index contributed by atoms with van der Waals surface area (Å²) in [5, 5.41) is 10.9. The van der Waals surface area contributed by atoms with E-state index >= 15 is 0 Å². The predicted molar refractivity (Wildman–Crippen MR) is 91.5 cm³/mol. The Bertz CT molecular complexity index is 506. The Kier molecular flexibility index (Phi) is 3.36. The van der Waals surface area contributed by atoms with E-state index in [0.717, 1.165) is 30.1 Å². The zero-order valence-electron chi connectivity index (χ0n) is 15.0. The van der Waals surface area contributed by atoms with Crippen LogP contribution >= 0.6 is 0 Å². The molecule has 0 heterocycles. The highest BCUT2D eigenvalue weighted by Gasteiger charge is 2.59. The van der Waals surface area contributed by atoms with Crippen LogP contribution in [0.15, 0.2) is 11.1 Å². The minimum absolute atomic E-state index is 0.0952. The number of aliphatic hydroxyl groups is 1. The summed E-state index contributed by atoms with van der Waals surface area (Å²) in [5.74, 6) is 3.38. The number of aliphatic hydroxyl groups excluding tert-OH is 1. The number of allylic oxidation sites excluding steroid dienone is 1. The molecule has 4 aliphatic carbocycles. The average Bonchev–Trinajstić information content (AvgIpc) is 2.78. The SMILES string of the molecule is CC1=C2CCCC(O)[C@]2(C)[C@H]2CC[C@]3(C)[C@@H](C)CC[C@H]3[C@@H]2C1. The smallest absolute Gasteiger partial charge is 0.0633 e. The van der Waals surface area contributed by atoms with E-state index in [2.05, 4.69) is 27.7 Å². The maximum atomic E-state index is 10.9. The number of hydrogen-bond donors (Lipinski definition) is 1. The van der Waals surface area contributed by atoms with Crippen molar-refractivity contribution in [2.45, 2.75) is 85.2 Å². The van der Waals surface area contributed by atoms with Gasteiger partial charge in [0.2, 0.25) is 0 Å². The van der Waals surface area contributed by atoms with E-state index in [1.54, 1.807) is 11.1 Å². The molecule has 0 radical (unpaired) electrons. The van der Waals surface area contributed by atoms with Gasteiger partial charge >= 0.3 is 0 Å². The van der Waals surface area contributed by atoms with Gasteiger partial charge in [-0.3, -0.25) is 0 Å². The Morgan fingerprint density at radius 3 is 2.59 bits per heavy atom. The number of fused-ring (bicyclic) bond motifs is 5. The van der Waals surface area contributed by atoms with Crippen LogP contribution in [-0.4, -0.2) is 11.2 Å². The second-order valence-electron chi connectivity index (χ2n) is 9.55. The van der Waals surface area contributed by atoms with Crippen LogP contribution in [-0.2, 0) is 0 Å². The van der Waals surface area contributed by atoms with Gasteiger partial charge in [-0.05, 0) is 87.4 Å². The third kappa shape index (κ3) is 1.75. The van der Waals surface area contributed by atoms with Crippen molar-refractivity contribution in [1.82, 2.24) is 0 Å². The van der Waals surface area contributed by atoms with Gasteiger partial charge in [-0.1, -0.05) is 31.9 Å². The average molecular weight is 303 g/mol. The summed E-state index contributed by atoms with van der Waals surface area (Å²) in [5.41, 5.74) is 3.97. The summed E-state index contributed by atoms with van der Waals surface area (Å²) in [4.78, 5) is 0. The quantitative estimate of drug-likeness (QED) is 0.599. The molecule has 0 aromatic carbocycles. The summed E-state index contributed by atoms with van der Waals surface area (Å²) in [6.45, 7) is 9.88. The lowest BCUT2D eigenvalue weighted by molar-refractivity contribution is -0.0898. The van der Waals surface area contributed by atoms with E-state index in [4.69, 9.17) is 0 Å². The maximum Gasteiger partial charge on any atom is 0.0633 e. The van der Waals surface area contributed by atoms with Gasteiger partial charge in [-0.2, -0.15) is 0 Å². The van der Waals surface area contributed by atoms with Gasteiger partial charge < -0.3 is 5.11 Å². The van der Waals surface area contributed by atoms with Crippen LogP contribution in [0.2, 0.25) is 0 Å². The number of hydrogen-bond acceptors (Lipinski definition) is 1. The molecule has 124 valence electrons. The van der Waals surface area contributed by atoms with Gasteiger partial charge in [0.05, 0.1) is 6.10 Å². The van der Waals surface area contributed by atoms with Crippen LogP contribution in [0.3, 0.4) is 0 Å². The zero-order valence-corrected chi connectivity index (χ0v) is 15.0. The first-order valence-electron chi connectivity index (χ1n) is 9.76. The van der Waals surface area contributed by atoms with Crippen molar-refractivity contribution in [1.29, 1.82) is 0 Å². The van der Waals surface area contributed by atoms with Crippen molar-refractivity contribution in [3.63, 3.8) is 0 Å². The first-order valence-corrected chi connectivity index (χ1v) is 9.76. The highest BCUT2D eigenvalue weighted by molar-refractivity contribution is 5.31. The van der Waals surface area contributed by atoms with Gasteiger partial charge in [0.25, 0.3) is 0 Å². The summed E-state index contributed by atoms with van der Waals surface area (Å²) in [6, 6.07) is 0. The van der Waals surface area contributed by atoms with Gasteiger partial charge in [-0.15, -0.1) is 0 Å². The standard InChI is InChI=1S/C21H34O/c1-13-12-15-17-9-8-14(2)20(17,3)11-10-18(15)21(4)16(13)6-5-7-19(21)22/h14-15,17-19,22H,5-12H2,1-4H3/t14-,15-,17-,18-,19?,20+,21-/m0/s1. The predicted octanol–water partition coefficient (Wildman–Crippen LogP) is 5.34. The van der Waals surface area contributed by atoms with Gasteiger partial charge in [0, 0.05) is 5.41 Å². The van der Waals surface area contributed by atoms with Crippen molar-refractivity contribution >= 4 is 0 Å². The van der Waals surface area contributed by atoms with E-state index < -0.39 is 0 Å². The molecule has 7 atom stereocenters. The van der Waals surface area contributed by atoms with Crippen molar-refractivity contribution in [2.75, 3.05) is 0 Å². The normalized spacial score (nSPS) is 54.7. The molecular formula is C21H34O. The maximum absolute atomic E-state index is 10.9. The number of rotatable bonds is 0. The molecule has 0 aromatic rings. The third-order valence-corrected chi connectivity index (χ3v) is 8.99. The molecule has 0 aromatic heterocycles. The molecule has 3 saturated carbocycles. The highest BCUT2D eigenvalue weighted by atomic mass is 16.3. The minimum atomic E-state index is -0.0952. The van der Waals surface area contributed by atoms with Crippen LogP contribution in [0.25, 0.3) is 0 Å². The molecule has 0 saturated heterocycles. The van der Waals surface area contributed by atoms with Crippen LogP contribution in [0, 0.1) is 34.5 Å². The molecule has 4 aliphatic rings. The Morgan fingerprint density at radius 2 is 1.82 bits per heavy atom. The molecular weight excluding hydrogens is 268 g/mol. The van der Waals surface area contributed by atoms with Crippen molar-refractivity contribution < 1.29 is 5.11 Å². The molecule has 0 spiro atoms. The lowest BCUT2D eigenvalue weighted by Gasteiger charge is -2.59. The third-order valence-electron chi connectivity index (χ3n) is 8.99. The van der Waals surface area contributed by atoms with E-state index in [-0.39, 0.29) is 11.5 Å². The monoisotopic (exact) mass is 302 g/mol. The molecule has 1 nitrogen and oxygen atoms in total. The topological polar surface area (TPSA) is 20.2 Å². The Hall–Kier alpha value is -0.300. The fraction of sp³-hybridized carbons (Fsp3) is 0.905. The Morgan fingerprint density at radius 1 is 1.05 bits per heavy atom. The summed E-state index contributed by atoms with van der Waals surface area (Å²) < 4.78 is 0. The fourth-order valence-corrected chi connectivity index (χ4v) is 7.44. The van der Waals surface area contributed by atoms with Gasteiger partial charge in [0.15, 0.2) is 0 Å². The lowest BCUT2D eigenvalue weighted by atomic mass is 9.46. The van der Waals surface area contributed by atoms with Crippen molar-refractivity contribution in [2.24, 2.45) is 34.5 Å². The highest BCUT2D eigenvalue weighted by Crippen LogP contribution is 2.67. The second-order valence-corrected chi connectivity index (χ2v) is 9.55. The largest absolute Gasteiger partial charge is 0.392 e. The summed E-state index contributed by atoms with van der Waals surface area (Å²) in [6.07, 6.45) is 10.3. The van der Waals surface area contributed by atoms with E-state index in [1.807, 2.05) is 0 Å². The van der Waals surface area contributed by atoms with E-state index in [9.17, 15) is 5.11 Å². The van der Waals surface area contributed by atoms with Gasteiger partial charge in [-0.25, -0.2) is 0 Å². The molecule has 0 aliphatic heterocycles. The van der Waals surface area contributed by atoms with Crippen molar-refractivity contribution in [3.8, 4) is 0 Å². The van der Waals surface area contributed by atoms with Crippen LogP contribution in [0.4, 0.5) is 0 Å². The second kappa shape index (κ2) is 4.85. The molecule has 1 heteroatoms. The zero-order chi connectivity index (χ0) is 15.7. The molecule has 22 heavy (non-hydrogen) atoms. The van der Waals surface area contributed by atoms with E-state index in [1.165, 1.54) is 44.9 Å². The Labute approximate surface area is 136 Å². The lowest BCUT2D eigenvalue weighted by Crippen LogP contribution is -2.54. The van der Waals surface area contributed by atoms with Crippen LogP contribution < -0.4 is 0 Å². The molecule has 0 bridgehead atoms. The minimum Gasteiger partial charge on any atom is -0.392 e. The van der Waals surface area contributed by atoms with E-state index in [0.29, 0.717) is 5.41 Å². The van der Waals surface area contributed by atoms with Crippen LogP contribution in [0.5, 0.6) is 0 Å². The molecule has 1 unspecified atom stereocenters. The van der Waals surface area contributed by atoms with Crippen molar-refractivity contribution in [3.05, 3.63) is 11.1 Å². The molecule has 3 fully saturated rings. The first-order chi connectivity index (χ1) is 10.4. The molecule has 1 N–H and O–H groups in total. The Balaban J connectivity index is 1.77. The van der Waals surface area contributed by atoms with Gasteiger partial charge in [0.1, 0.15) is 0 Å². The summed E-state index contributed by atoms with van der Waals surface area (Å²) in [7, 11) is 0. The first kappa shape index (κ1) is 15.2. The molecule has 0 amide bonds. The van der Waals surface area contributed by atoms with Crippen LogP contribution in [0.1, 0.15) is 79.1 Å². The molecule has 4 rings (SSSR count).